The van der Waals surface area contributed by atoms with Crippen molar-refractivity contribution in [2.45, 2.75) is 12.2 Å². The van der Waals surface area contributed by atoms with Crippen LogP contribution in [0.3, 0.4) is 0 Å². The number of benzene rings is 1. The molecular weight excluding hydrogens is 324 g/mol. The van der Waals surface area contributed by atoms with Gasteiger partial charge in [-0.15, -0.1) is 0 Å². The molecule has 1 saturated heterocycles. The lowest BCUT2D eigenvalue weighted by atomic mass is 10.0. The molecule has 0 unspecified atom stereocenters. The second-order valence-electron chi connectivity index (χ2n) is 3.37. The molecule has 0 spiro atoms. The highest BCUT2D eigenvalue weighted by atomic mass is 79.9. The number of alkyl halides is 1. The molecule has 1 aliphatic rings. The second-order valence-corrected chi connectivity index (χ2v) is 5.02. The summed E-state index contributed by atoms with van der Waals surface area (Å²) in [7, 11) is 0. The van der Waals surface area contributed by atoms with E-state index < -0.39 is 5.79 Å². The van der Waals surface area contributed by atoms with Gasteiger partial charge in [0.1, 0.15) is 0 Å². The molecule has 1 aliphatic heterocycles. The van der Waals surface area contributed by atoms with Gasteiger partial charge in [-0.2, -0.15) is 0 Å². The summed E-state index contributed by atoms with van der Waals surface area (Å²) >= 11 is 6.98. The maximum Gasteiger partial charge on any atom is 0.196 e. The molecule has 0 N–H and O–H groups in total. The van der Waals surface area contributed by atoms with E-state index in [0.717, 1.165) is 21.8 Å². The van der Waals surface area contributed by atoms with E-state index in [1.54, 1.807) is 0 Å². The van der Waals surface area contributed by atoms with E-state index in [1.807, 2.05) is 24.3 Å². The lowest BCUT2D eigenvalue weighted by Crippen LogP contribution is -2.28. The zero-order valence-corrected chi connectivity index (χ0v) is 11.4. The van der Waals surface area contributed by atoms with Crippen LogP contribution in [0.4, 0.5) is 0 Å². The molecule has 2 rings (SSSR count). The Morgan fingerprint density at radius 1 is 1.20 bits per heavy atom. The fourth-order valence-electron chi connectivity index (χ4n) is 1.78. The third-order valence-electron chi connectivity index (χ3n) is 2.46. The summed E-state index contributed by atoms with van der Waals surface area (Å²) in [5.41, 5.74) is 1.07. The summed E-state index contributed by atoms with van der Waals surface area (Å²) in [5.74, 6) is -0.566. The van der Waals surface area contributed by atoms with E-state index in [1.165, 1.54) is 0 Å². The van der Waals surface area contributed by atoms with E-state index in [2.05, 4.69) is 31.9 Å². The van der Waals surface area contributed by atoms with Gasteiger partial charge in [0.2, 0.25) is 0 Å². The van der Waals surface area contributed by atoms with Crippen molar-refractivity contribution in [3.8, 4) is 0 Å². The van der Waals surface area contributed by atoms with Gasteiger partial charge in [0.05, 0.1) is 13.2 Å². The van der Waals surface area contributed by atoms with Gasteiger partial charge < -0.3 is 9.47 Å². The van der Waals surface area contributed by atoms with Crippen LogP contribution in [-0.2, 0) is 15.3 Å². The number of halogens is 2. The predicted octanol–water partition coefficient (Wildman–Crippen LogP) is 3.43. The van der Waals surface area contributed by atoms with Crippen molar-refractivity contribution in [2.75, 3.05) is 18.5 Å². The van der Waals surface area contributed by atoms with E-state index in [0.29, 0.717) is 13.2 Å². The van der Waals surface area contributed by atoms with Crippen LogP contribution in [0.2, 0.25) is 0 Å². The zero-order chi connectivity index (χ0) is 10.7. The molecule has 15 heavy (non-hydrogen) atoms. The molecule has 1 aromatic carbocycles. The molecular formula is C11H12Br2O2. The fraction of sp³-hybridized carbons (Fsp3) is 0.455. The van der Waals surface area contributed by atoms with Gasteiger partial charge in [0.25, 0.3) is 0 Å². The molecule has 82 valence electrons. The summed E-state index contributed by atoms with van der Waals surface area (Å²) in [4.78, 5) is 0. The molecule has 1 aromatic rings. The maximum absolute atomic E-state index is 5.77. The van der Waals surface area contributed by atoms with Gasteiger partial charge in [0, 0.05) is 21.8 Å². The average molecular weight is 336 g/mol. The van der Waals surface area contributed by atoms with Crippen LogP contribution < -0.4 is 0 Å². The summed E-state index contributed by atoms with van der Waals surface area (Å²) in [6.07, 6.45) is 0.815. The van der Waals surface area contributed by atoms with Crippen molar-refractivity contribution in [1.29, 1.82) is 0 Å². The summed E-state index contributed by atoms with van der Waals surface area (Å²) in [6.45, 7) is 1.32. The van der Waals surface area contributed by atoms with E-state index in [-0.39, 0.29) is 0 Å². The molecule has 1 heterocycles. The van der Waals surface area contributed by atoms with Crippen molar-refractivity contribution in [1.82, 2.24) is 0 Å². The Morgan fingerprint density at radius 3 is 2.47 bits per heavy atom. The van der Waals surface area contributed by atoms with Crippen LogP contribution >= 0.6 is 31.9 Å². The molecule has 0 aromatic heterocycles. The average Bonchev–Trinajstić information content (AvgIpc) is 2.69. The van der Waals surface area contributed by atoms with Gasteiger partial charge in [-0.25, -0.2) is 0 Å². The first-order valence-corrected chi connectivity index (χ1v) is 6.79. The minimum absolute atomic E-state index is 0.566. The van der Waals surface area contributed by atoms with Gasteiger partial charge in [-0.05, 0) is 6.07 Å². The van der Waals surface area contributed by atoms with Crippen molar-refractivity contribution in [2.24, 2.45) is 0 Å². The lowest BCUT2D eigenvalue weighted by molar-refractivity contribution is -0.167. The largest absolute Gasteiger partial charge is 0.343 e. The van der Waals surface area contributed by atoms with Crippen LogP contribution in [0.1, 0.15) is 12.0 Å². The highest BCUT2D eigenvalue weighted by molar-refractivity contribution is 9.10. The highest BCUT2D eigenvalue weighted by Crippen LogP contribution is 2.38. The minimum atomic E-state index is -0.566. The van der Waals surface area contributed by atoms with Gasteiger partial charge in [-0.1, -0.05) is 50.1 Å². The first-order chi connectivity index (χ1) is 7.28. The summed E-state index contributed by atoms with van der Waals surface area (Å²) < 4.78 is 12.6. The first kappa shape index (κ1) is 11.6. The number of hydrogen-bond acceptors (Lipinski definition) is 2. The second kappa shape index (κ2) is 4.95. The molecule has 0 aliphatic carbocycles. The normalized spacial score (nSPS) is 19.3. The SMILES string of the molecule is BrCCC1(c2ccccc2Br)OCCO1. The van der Waals surface area contributed by atoms with Crippen LogP contribution in [0.15, 0.2) is 28.7 Å². The van der Waals surface area contributed by atoms with E-state index in [9.17, 15) is 0 Å². The topological polar surface area (TPSA) is 18.5 Å². The third kappa shape index (κ3) is 2.28. The van der Waals surface area contributed by atoms with Gasteiger partial charge in [-0.3, -0.25) is 0 Å². The van der Waals surface area contributed by atoms with E-state index in [4.69, 9.17) is 9.47 Å². The van der Waals surface area contributed by atoms with Crippen molar-refractivity contribution in [3.63, 3.8) is 0 Å². The highest BCUT2D eigenvalue weighted by Gasteiger charge is 2.39. The Hall–Kier alpha value is 0.1000. The van der Waals surface area contributed by atoms with Crippen LogP contribution in [0.5, 0.6) is 0 Å². The van der Waals surface area contributed by atoms with E-state index >= 15 is 0 Å². The monoisotopic (exact) mass is 334 g/mol. The Kier molecular flexibility index (Phi) is 3.83. The molecule has 0 atom stereocenters. The molecule has 4 heteroatoms. The van der Waals surface area contributed by atoms with Crippen LogP contribution in [0, 0.1) is 0 Å². The smallest absolute Gasteiger partial charge is 0.196 e. The lowest BCUT2D eigenvalue weighted by Gasteiger charge is -2.28. The Balaban J connectivity index is 2.36. The summed E-state index contributed by atoms with van der Waals surface area (Å²) in [6, 6.07) is 8.04. The summed E-state index contributed by atoms with van der Waals surface area (Å²) in [5, 5.41) is 0.855. The van der Waals surface area contributed by atoms with Crippen molar-refractivity contribution >= 4 is 31.9 Å². The minimum Gasteiger partial charge on any atom is -0.343 e. The number of hydrogen-bond donors (Lipinski definition) is 0. The number of rotatable bonds is 3. The van der Waals surface area contributed by atoms with Gasteiger partial charge >= 0.3 is 0 Å². The zero-order valence-electron chi connectivity index (χ0n) is 8.21. The third-order valence-corrected chi connectivity index (χ3v) is 3.55. The van der Waals surface area contributed by atoms with Crippen molar-refractivity contribution < 1.29 is 9.47 Å². The van der Waals surface area contributed by atoms with Crippen LogP contribution in [-0.4, -0.2) is 18.5 Å². The van der Waals surface area contributed by atoms with Crippen molar-refractivity contribution in [3.05, 3.63) is 34.3 Å². The molecule has 0 amide bonds. The molecule has 0 bridgehead atoms. The number of ether oxygens (including phenoxy) is 2. The molecule has 0 saturated carbocycles. The maximum atomic E-state index is 5.77. The van der Waals surface area contributed by atoms with Crippen LogP contribution in [0.25, 0.3) is 0 Å². The molecule has 0 radical (unpaired) electrons. The predicted molar refractivity (Wildman–Crippen MR) is 66.1 cm³/mol. The first-order valence-electron chi connectivity index (χ1n) is 4.87. The Bertz CT molecular complexity index is 335. The standard InChI is InChI=1S/C11H12Br2O2/c12-6-5-11(14-7-8-15-11)9-3-1-2-4-10(9)13/h1-4H,5-8H2. The van der Waals surface area contributed by atoms with Gasteiger partial charge in [0.15, 0.2) is 5.79 Å². The Labute approximate surface area is 106 Å². The molecule has 2 nitrogen and oxygen atoms in total. The Morgan fingerprint density at radius 2 is 1.87 bits per heavy atom. The fourth-order valence-corrected chi connectivity index (χ4v) is 2.89. The molecule has 1 fully saturated rings. The quantitative estimate of drug-likeness (QED) is 0.788.